The number of aryl methyl sites for hydroxylation is 1. The lowest BCUT2D eigenvalue weighted by molar-refractivity contribution is -0.131. The number of nitrogens with zero attached hydrogens (tertiary/aromatic N) is 1. The number of carbonyl (C=O) groups excluding carboxylic acids is 2. The van der Waals surface area contributed by atoms with Gasteiger partial charge < -0.3 is 19.7 Å². The van der Waals surface area contributed by atoms with Crippen LogP contribution < -0.4 is 5.32 Å². The van der Waals surface area contributed by atoms with Crippen LogP contribution in [-0.2, 0) is 22.6 Å². The number of aromatic carboxylic acids is 1. The van der Waals surface area contributed by atoms with Crippen molar-refractivity contribution in [2.24, 2.45) is 5.92 Å². The van der Waals surface area contributed by atoms with Crippen LogP contribution in [0.4, 0.5) is 5.69 Å². The van der Waals surface area contributed by atoms with Crippen molar-refractivity contribution in [2.45, 2.75) is 32.7 Å². The third kappa shape index (κ3) is 4.19. The van der Waals surface area contributed by atoms with Crippen molar-refractivity contribution in [3.63, 3.8) is 0 Å². The Morgan fingerprint density at radius 2 is 2.07 bits per heavy atom. The first-order chi connectivity index (χ1) is 12.8. The molecule has 2 heterocycles. The third-order valence-corrected chi connectivity index (χ3v) is 4.84. The fourth-order valence-electron chi connectivity index (χ4n) is 3.29. The van der Waals surface area contributed by atoms with Crippen molar-refractivity contribution in [1.82, 2.24) is 4.90 Å². The summed E-state index contributed by atoms with van der Waals surface area (Å²) in [7, 11) is 1.64. The molecule has 1 aromatic heterocycles. The van der Waals surface area contributed by atoms with Crippen molar-refractivity contribution in [3.05, 3.63) is 53.0 Å². The average Bonchev–Trinajstić information content (AvgIpc) is 3.00. The number of benzene rings is 1. The minimum Gasteiger partial charge on any atom is -0.478 e. The van der Waals surface area contributed by atoms with Gasteiger partial charge in [0.05, 0.1) is 6.54 Å². The Kier molecular flexibility index (Phi) is 5.30. The van der Waals surface area contributed by atoms with Crippen molar-refractivity contribution < 1.29 is 23.9 Å². The molecule has 7 heteroatoms. The topological polar surface area (TPSA) is 99.9 Å². The Bertz CT molecular complexity index is 886. The maximum atomic E-state index is 12.4. The number of carboxylic acids is 1. The number of furan rings is 1. The zero-order valence-corrected chi connectivity index (χ0v) is 15.3. The summed E-state index contributed by atoms with van der Waals surface area (Å²) in [5.41, 5.74) is 2.02. The molecule has 1 atom stereocenters. The minimum atomic E-state index is -1.06. The minimum absolute atomic E-state index is 0.0584. The molecule has 1 aliphatic rings. The molecule has 0 unspecified atom stereocenters. The predicted molar refractivity (Wildman–Crippen MR) is 98.4 cm³/mol. The molecule has 27 heavy (non-hydrogen) atoms. The van der Waals surface area contributed by atoms with Crippen molar-refractivity contribution in [3.8, 4) is 0 Å². The number of amides is 2. The fourth-order valence-corrected chi connectivity index (χ4v) is 3.29. The summed E-state index contributed by atoms with van der Waals surface area (Å²) >= 11 is 0. The van der Waals surface area contributed by atoms with Gasteiger partial charge >= 0.3 is 5.97 Å². The smallest absolute Gasteiger partial charge is 0.339 e. The lowest BCUT2D eigenvalue weighted by Gasteiger charge is -2.25. The Labute approximate surface area is 157 Å². The first-order valence-corrected chi connectivity index (χ1v) is 8.80. The standard InChI is InChI=1S/C20H22N2O5/c1-12-16(20(25)26)10-15(27-12)11-22(2)18(23)8-7-14-9-13-5-3-4-6-17(13)21-19(14)24/h3-6,10,14H,7-9,11H2,1-2H3,(H,21,24)(H,25,26)/t14-/m0/s1. The normalized spacial score (nSPS) is 15.8. The van der Waals surface area contributed by atoms with Gasteiger partial charge in [-0.15, -0.1) is 0 Å². The maximum Gasteiger partial charge on any atom is 0.339 e. The van der Waals surface area contributed by atoms with Crippen molar-refractivity contribution >= 4 is 23.5 Å². The van der Waals surface area contributed by atoms with Crippen LogP contribution in [0.25, 0.3) is 0 Å². The third-order valence-electron chi connectivity index (χ3n) is 4.84. The number of hydrogen-bond acceptors (Lipinski definition) is 4. The first kappa shape index (κ1) is 18.7. The largest absolute Gasteiger partial charge is 0.478 e. The molecule has 7 nitrogen and oxygen atoms in total. The van der Waals surface area contributed by atoms with Crippen LogP contribution in [0.5, 0.6) is 0 Å². The second-order valence-corrected chi connectivity index (χ2v) is 6.82. The molecule has 1 aromatic carbocycles. The molecular formula is C20H22N2O5. The number of carboxylic acid groups (broad SMARTS) is 1. The molecule has 0 bridgehead atoms. The van der Waals surface area contributed by atoms with E-state index in [1.54, 1.807) is 14.0 Å². The van der Waals surface area contributed by atoms with E-state index in [-0.39, 0.29) is 36.3 Å². The fraction of sp³-hybridized carbons (Fsp3) is 0.350. The van der Waals surface area contributed by atoms with Gasteiger partial charge in [0.1, 0.15) is 17.1 Å². The summed E-state index contributed by atoms with van der Waals surface area (Å²) in [4.78, 5) is 37.2. The van der Waals surface area contributed by atoms with Gasteiger partial charge in [0.15, 0.2) is 0 Å². The lowest BCUT2D eigenvalue weighted by Crippen LogP contribution is -2.32. The monoisotopic (exact) mass is 370 g/mol. The second kappa shape index (κ2) is 7.65. The highest BCUT2D eigenvalue weighted by molar-refractivity contribution is 5.96. The second-order valence-electron chi connectivity index (χ2n) is 6.82. The van der Waals surface area contributed by atoms with Gasteiger partial charge in [-0.1, -0.05) is 18.2 Å². The number of anilines is 1. The van der Waals surface area contributed by atoms with Gasteiger partial charge in [0.2, 0.25) is 11.8 Å². The molecular weight excluding hydrogens is 348 g/mol. The molecule has 0 radical (unpaired) electrons. The molecule has 142 valence electrons. The van der Waals surface area contributed by atoms with E-state index in [4.69, 9.17) is 9.52 Å². The SMILES string of the molecule is Cc1oc(CN(C)C(=O)CC[C@H]2Cc3ccccc3NC2=O)cc1C(=O)O. The van der Waals surface area contributed by atoms with E-state index in [0.29, 0.717) is 24.4 Å². The van der Waals surface area contributed by atoms with Gasteiger partial charge in [-0.3, -0.25) is 9.59 Å². The highest BCUT2D eigenvalue weighted by Crippen LogP contribution is 2.27. The van der Waals surface area contributed by atoms with E-state index in [0.717, 1.165) is 11.3 Å². The van der Waals surface area contributed by atoms with Crippen LogP contribution in [-0.4, -0.2) is 34.8 Å². The van der Waals surface area contributed by atoms with E-state index in [9.17, 15) is 14.4 Å². The highest BCUT2D eigenvalue weighted by atomic mass is 16.4. The number of nitrogens with one attached hydrogen (secondary N) is 1. The Morgan fingerprint density at radius 3 is 2.78 bits per heavy atom. The number of para-hydroxylation sites is 1. The summed E-state index contributed by atoms with van der Waals surface area (Å²) < 4.78 is 5.41. The molecule has 0 aliphatic carbocycles. The van der Waals surface area contributed by atoms with E-state index in [1.807, 2.05) is 24.3 Å². The van der Waals surface area contributed by atoms with Gasteiger partial charge in [-0.25, -0.2) is 4.79 Å². The number of hydrogen-bond donors (Lipinski definition) is 2. The van der Waals surface area contributed by atoms with Gasteiger partial charge in [-0.05, 0) is 37.5 Å². The van der Waals surface area contributed by atoms with Crippen LogP contribution >= 0.6 is 0 Å². The average molecular weight is 370 g/mol. The Hall–Kier alpha value is -3.09. The van der Waals surface area contributed by atoms with Crippen LogP contribution in [0.3, 0.4) is 0 Å². The molecule has 0 saturated heterocycles. The van der Waals surface area contributed by atoms with Crippen LogP contribution in [0.1, 0.15) is 40.3 Å². The molecule has 3 rings (SSSR count). The van der Waals surface area contributed by atoms with E-state index in [2.05, 4.69) is 5.32 Å². The molecule has 1 aliphatic heterocycles. The van der Waals surface area contributed by atoms with Crippen LogP contribution in [0.2, 0.25) is 0 Å². The van der Waals surface area contributed by atoms with Gasteiger partial charge in [0, 0.05) is 25.1 Å². The lowest BCUT2D eigenvalue weighted by atomic mass is 9.89. The molecule has 2 aromatic rings. The van der Waals surface area contributed by atoms with E-state index < -0.39 is 5.97 Å². The molecule has 0 saturated carbocycles. The van der Waals surface area contributed by atoms with E-state index in [1.165, 1.54) is 11.0 Å². The molecule has 2 N–H and O–H groups in total. The Morgan fingerprint density at radius 1 is 1.33 bits per heavy atom. The quantitative estimate of drug-likeness (QED) is 0.814. The van der Waals surface area contributed by atoms with Gasteiger partial charge in [-0.2, -0.15) is 0 Å². The maximum absolute atomic E-state index is 12.4. The van der Waals surface area contributed by atoms with Crippen molar-refractivity contribution in [1.29, 1.82) is 0 Å². The molecule has 2 amide bonds. The summed E-state index contributed by atoms with van der Waals surface area (Å²) in [6, 6.07) is 9.11. The van der Waals surface area contributed by atoms with E-state index >= 15 is 0 Å². The molecule has 0 fully saturated rings. The number of carbonyl (C=O) groups is 3. The summed E-state index contributed by atoms with van der Waals surface area (Å²) in [5, 5.41) is 12.0. The predicted octanol–water partition coefficient (Wildman–Crippen LogP) is 2.84. The van der Waals surface area contributed by atoms with Gasteiger partial charge in [0.25, 0.3) is 0 Å². The highest BCUT2D eigenvalue weighted by Gasteiger charge is 2.27. The number of rotatable bonds is 6. The zero-order chi connectivity index (χ0) is 19.6. The van der Waals surface area contributed by atoms with Crippen molar-refractivity contribution in [2.75, 3.05) is 12.4 Å². The number of fused-ring (bicyclic) bond motifs is 1. The van der Waals surface area contributed by atoms with Crippen LogP contribution in [0.15, 0.2) is 34.7 Å². The first-order valence-electron chi connectivity index (χ1n) is 8.80. The Balaban J connectivity index is 1.55. The summed E-state index contributed by atoms with van der Waals surface area (Å²) in [5.74, 6) is -0.729. The summed E-state index contributed by atoms with van der Waals surface area (Å²) in [6.07, 6.45) is 1.32. The van der Waals surface area contributed by atoms with Crippen LogP contribution in [0, 0.1) is 12.8 Å². The zero-order valence-electron chi connectivity index (χ0n) is 15.3. The molecule has 0 spiro atoms. The summed E-state index contributed by atoms with van der Waals surface area (Å²) in [6.45, 7) is 1.76.